The van der Waals surface area contributed by atoms with E-state index in [0.717, 1.165) is 24.2 Å². The lowest BCUT2D eigenvalue weighted by Crippen LogP contribution is -2.33. The average molecular weight is 298 g/mol. The van der Waals surface area contributed by atoms with Gasteiger partial charge in [-0.2, -0.15) is 5.10 Å². The van der Waals surface area contributed by atoms with Gasteiger partial charge < -0.3 is 10.6 Å². The highest BCUT2D eigenvalue weighted by atomic mass is 16.1. The molecule has 0 spiro atoms. The molecule has 0 radical (unpaired) electrons. The zero-order valence-corrected chi connectivity index (χ0v) is 12.8. The molecule has 0 aliphatic carbocycles. The van der Waals surface area contributed by atoms with Crippen molar-refractivity contribution < 1.29 is 4.79 Å². The molecule has 1 aliphatic rings. The van der Waals surface area contributed by atoms with Gasteiger partial charge in [0, 0.05) is 24.9 Å². The van der Waals surface area contributed by atoms with Crippen LogP contribution in [0.4, 0.5) is 0 Å². The van der Waals surface area contributed by atoms with Crippen LogP contribution in [-0.4, -0.2) is 28.3 Å². The van der Waals surface area contributed by atoms with Crippen molar-refractivity contribution in [3.05, 3.63) is 48.3 Å². The van der Waals surface area contributed by atoms with Crippen LogP contribution in [0, 0.1) is 0 Å². The Bertz CT molecular complexity index is 600. The maximum atomic E-state index is 12.1. The molecule has 2 unspecified atom stereocenters. The normalized spacial score (nSPS) is 19.0. The van der Waals surface area contributed by atoms with E-state index in [-0.39, 0.29) is 11.9 Å². The highest BCUT2D eigenvalue weighted by Gasteiger charge is 2.18. The summed E-state index contributed by atoms with van der Waals surface area (Å²) in [5.41, 5.74) is 2.12. The number of benzene rings is 1. The highest BCUT2D eigenvalue weighted by molar-refractivity contribution is 5.77. The van der Waals surface area contributed by atoms with Crippen LogP contribution in [0.15, 0.2) is 42.7 Å². The Kier molecular flexibility index (Phi) is 4.53. The van der Waals surface area contributed by atoms with Crippen LogP contribution in [0.3, 0.4) is 0 Å². The van der Waals surface area contributed by atoms with Crippen LogP contribution in [0.2, 0.25) is 0 Å². The van der Waals surface area contributed by atoms with Crippen molar-refractivity contribution in [3.63, 3.8) is 0 Å². The number of amides is 1. The molecule has 2 heterocycles. The summed E-state index contributed by atoms with van der Waals surface area (Å²) < 4.78 is 1.82. The van der Waals surface area contributed by atoms with Gasteiger partial charge in [-0.1, -0.05) is 12.1 Å². The van der Waals surface area contributed by atoms with Gasteiger partial charge in [0.05, 0.1) is 11.7 Å². The topological polar surface area (TPSA) is 59.0 Å². The van der Waals surface area contributed by atoms with E-state index in [9.17, 15) is 4.79 Å². The summed E-state index contributed by atoms with van der Waals surface area (Å²) in [4.78, 5) is 12.1. The highest BCUT2D eigenvalue weighted by Crippen LogP contribution is 2.16. The minimum absolute atomic E-state index is 0.0144. The zero-order valence-electron chi connectivity index (χ0n) is 12.8. The Balaban J connectivity index is 1.57. The minimum Gasteiger partial charge on any atom is -0.350 e. The maximum absolute atomic E-state index is 12.1. The average Bonchev–Trinajstić information content (AvgIpc) is 3.20. The molecule has 1 amide bonds. The largest absolute Gasteiger partial charge is 0.350 e. The second kappa shape index (κ2) is 6.75. The molecule has 2 aromatic rings. The molecule has 1 aromatic carbocycles. The summed E-state index contributed by atoms with van der Waals surface area (Å²) in [7, 11) is 0. The van der Waals surface area contributed by atoms with Gasteiger partial charge in [-0.3, -0.25) is 4.79 Å². The van der Waals surface area contributed by atoms with Gasteiger partial charge >= 0.3 is 0 Å². The van der Waals surface area contributed by atoms with Gasteiger partial charge in [0.25, 0.3) is 0 Å². The standard InChI is InChI=1S/C17H22N4O/c1-13(20-17(22)12-15-4-2-9-18-15)14-5-7-16(8-6-14)21-11-3-10-19-21/h3,5-8,10-11,13,15,18H,2,4,9,12H2,1H3,(H,20,22). The minimum atomic E-state index is 0.0144. The number of hydrogen-bond donors (Lipinski definition) is 2. The predicted molar refractivity (Wildman–Crippen MR) is 85.8 cm³/mol. The second-order valence-corrected chi connectivity index (χ2v) is 5.83. The molecular formula is C17H22N4O. The second-order valence-electron chi connectivity index (χ2n) is 5.83. The van der Waals surface area contributed by atoms with Gasteiger partial charge in [-0.15, -0.1) is 0 Å². The zero-order chi connectivity index (χ0) is 15.4. The third-order valence-electron chi connectivity index (χ3n) is 4.13. The Labute approximate surface area is 130 Å². The molecule has 1 fully saturated rings. The molecule has 2 N–H and O–H groups in total. The van der Waals surface area contributed by atoms with Crippen LogP contribution in [0.25, 0.3) is 5.69 Å². The van der Waals surface area contributed by atoms with Gasteiger partial charge in [-0.05, 0) is 50.1 Å². The first-order valence-corrected chi connectivity index (χ1v) is 7.85. The Morgan fingerprint density at radius 2 is 2.27 bits per heavy atom. The summed E-state index contributed by atoms with van der Waals surface area (Å²) in [5.74, 6) is 0.114. The fraction of sp³-hybridized carbons (Fsp3) is 0.412. The van der Waals surface area contributed by atoms with Crippen LogP contribution in [0.1, 0.15) is 37.8 Å². The summed E-state index contributed by atoms with van der Waals surface area (Å²) in [5, 5.41) is 10.6. The molecule has 0 bridgehead atoms. The number of aromatic nitrogens is 2. The van der Waals surface area contributed by atoms with Crippen LogP contribution >= 0.6 is 0 Å². The molecule has 5 nitrogen and oxygen atoms in total. The van der Waals surface area contributed by atoms with Crippen LogP contribution in [0.5, 0.6) is 0 Å². The van der Waals surface area contributed by atoms with Crippen molar-refractivity contribution in [1.29, 1.82) is 0 Å². The van der Waals surface area contributed by atoms with Gasteiger partial charge in [0.2, 0.25) is 5.91 Å². The molecule has 0 saturated carbocycles. The first kappa shape index (κ1) is 14.8. The van der Waals surface area contributed by atoms with Crippen LogP contribution in [-0.2, 0) is 4.79 Å². The lowest BCUT2D eigenvalue weighted by atomic mass is 10.1. The van der Waals surface area contributed by atoms with Crippen LogP contribution < -0.4 is 10.6 Å². The van der Waals surface area contributed by atoms with Gasteiger partial charge in [0.1, 0.15) is 0 Å². The molecule has 2 atom stereocenters. The van der Waals surface area contributed by atoms with E-state index in [1.165, 1.54) is 6.42 Å². The lowest BCUT2D eigenvalue weighted by molar-refractivity contribution is -0.122. The summed E-state index contributed by atoms with van der Waals surface area (Å²) in [6.07, 6.45) is 6.50. The molecule has 3 rings (SSSR count). The Hall–Kier alpha value is -2.14. The lowest BCUT2D eigenvalue weighted by Gasteiger charge is -2.17. The maximum Gasteiger partial charge on any atom is 0.222 e. The first-order chi connectivity index (χ1) is 10.7. The first-order valence-electron chi connectivity index (χ1n) is 7.85. The van der Waals surface area contributed by atoms with E-state index in [0.29, 0.717) is 12.5 Å². The summed E-state index contributed by atoms with van der Waals surface area (Å²) >= 11 is 0. The summed E-state index contributed by atoms with van der Waals surface area (Å²) in [6.45, 7) is 3.05. The van der Waals surface area contributed by atoms with Crippen molar-refractivity contribution >= 4 is 5.91 Å². The van der Waals surface area contributed by atoms with E-state index < -0.39 is 0 Å². The summed E-state index contributed by atoms with van der Waals surface area (Å²) in [6, 6.07) is 10.4. The van der Waals surface area contributed by atoms with Crippen molar-refractivity contribution in [2.45, 2.75) is 38.3 Å². The monoisotopic (exact) mass is 298 g/mol. The molecular weight excluding hydrogens is 276 g/mol. The number of rotatable bonds is 5. The van der Waals surface area contributed by atoms with Gasteiger partial charge in [-0.25, -0.2) is 4.68 Å². The van der Waals surface area contributed by atoms with Gasteiger partial charge in [0.15, 0.2) is 0 Å². The van der Waals surface area contributed by atoms with E-state index in [1.807, 2.05) is 48.1 Å². The predicted octanol–water partition coefficient (Wildman–Crippen LogP) is 2.19. The van der Waals surface area contributed by atoms with E-state index in [4.69, 9.17) is 0 Å². The third kappa shape index (κ3) is 3.54. The van der Waals surface area contributed by atoms with Crippen molar-refractivity contribution in [1.82, 2.24) is 20.4 Å². The molecule has 5 heteroatoms. The number of nitrogens with one attached hydrogen (secondary N) is 2. The number of carbonyl (C=O) groups excluding carboxylic acids is 1. The van der Waals surface area contributed by atoms with E-state index in [2.05, 4.69) is 15.7 Å². The number of nitrogens with zero attached hydrogens (tertiary/aromatic N) is 2. The fourth-order valence-electron chi connectivity index (χ4n) is 2.88. The van der Waals surface area contributed by atoms with Crippen molar-refractivity contribution in [2.24, 2.45) is 0 Å². The van der Waals surface area contributed by atoms with Crippen molar-refractivity contribution in [3.8, 4) is 5.69 Å². The number of hydrogen-bond acceptors (Lipinski definition) is 3. The van der Waals surface area contributed by atoms with E-state index in [1.54, 1.807) is 6.20 Å². The SMILES string of the molecule is CC(NC(=O)CC1CCCN1)c1ccc(-n2cccn2)cc1. The fourth-order valence-corrected chi connectivity index (χ4v) is 2.88. The molecule has 22 heavy (non-hydrogen) atoms. The Morgan fingerprint density at radius 3 is 2.91 bits per heavy atom. The molecule has 116 valence electrons. The molecule has 1 aliphatic heterocycles. The molecule has 1 saturated heterocycles. The molecule has 1 aromatic heterocycles. The number of carbonyl (C=O) groups is 1. The van der Waals surface area contributed by atoms with E-state index >= 15 is 0 Å². The smallest absolute Gasteiger partial charge is 0.222 e. The van der Waals surface area contributed by atoms with Crippen molar-refractivity contribution in [2.75, 3.05) is 6.54 Å². The third-order valence-corrected chi connectivity index (χ3v) is 4.13. The Morgan fingerprint density at radius 1 is 1.45 bits per heavy atom. The quantitative estimate of drug-likeness (QED) is 0.889.